The Morgan fingerprint density at radius 2 is 1.94 bits per heavy atom. The van der Waals surface area contributed by atoms with Crippen molar-refractivity contribution in [3.8, 4) is 17.1 Å². The van der Waals surface area contributed by atoms with Gasteiger partial charge in [0, 0.05) is 28.0 Å². The molecule has 1 N–H and O–H groups in total. The van der Waals surface area contributed by atoms with E-state index in [1.807, 2.05) is 54.6 Å². The average Bonchev–Trinajstić information content (AvgIpc) is 3.44. The topological polar surface area (TPSA) is 50.5 Å². The molecule has 0 saturated carbocycles. The lowest BCUT2D eigenvalue weighted by atomic mass is 10.0. The first-order valence-electron chi connectivity index (χ1n) is 10.6. The Morgan fingerprint density at radius 3 is 2.70 bits per heavy atom. The van der Waals surface area contributed by atoms with Crippen LogP contribution in [-0.4, -0.2) is 17.2 Å². The number of hydrogen-bond acceptors (Lipinski definition) is 4. The SMILES string of the molecule is COc1cccc(N2C(=S)N[C@@H](c3ccccn3)[C@H]2c2ccc(-c3ccc(C)cc3Br)o2)c1. The maximum atomic E-state index is 6.45. The van der Waals surface area contributed by atoms with Gasteiger partial charge >= 0.3 is 0 Å². The summed E-state index contributed by atoms with van der Waals surface area (Å²) in [7, 11) is 1.66. The Balaban J connectivity index is 1.61. The summed E-state index contributed by atoms with van der Waals surface area (Å²) in [5, 5.41) is 4.07. The molecule has 166 valence electrons. The highest BCUT2D eigenvalue weighted by atomic mass is 79.9. The molecule has 4 aromatic rings. The van der Waals surface area contributed by atoms with Crippen molar-refractivity contribution in [3.63, 3.8) is 0 Å². The molecule has 2 atom stereocenters. The number of nitrogens with zero attached hydrogens (tertiary/aromatic N) is 2. The second-order valence-corrected chi connectivity index (χ2v) is 9.12. The number of thiocarbonyl (C=S) groups is 1. The third-order valence-corrected chi connectivity index (χ3v) is 6.71. The summed E-state index contributed by atoms with van der Waals surface area (Å²) in [5.74, 6) is 2.35. The van der Waals surface area contributed by atoms with Crippen LogP contribution < -0.4 is 15.0 Å². The number of benzene rings is 2. The van der Waals surface area contributed by atoms with E-state index in [0.29, 0.717) is 5.11 Å². The third-order valence-electron chi connectivity index (χ3n) is 5.74. The third kappa shape index (κ3) is 4.14. The number of halogens is 1. The van der Waals surface area contributed by atoms with Crippen molar-refractivity contribution in [2.75, 3.05) is 12.0 Å². The van der Waals surface area contributed by atoms with Crippen molar-refractivity contribution in [1.29, 1.82) is 0 Å². The molecule has 0 bridgehead atoms. The summed E-state index contributed by atoms with van der Waals surface area (Å²) in [6.45, 7) is 2.07. The highest BCUT2D eigenvalue weighted by Crippen LogP contribution is 2.44. The fourth-order valence-corrected chi connectivity index (χ4v) is 5.19. The van der Waals surface area contributed by atoms with Gasteiger partial charge in [-0.25, -0.2) is 0 Å². The molecule has 1 aliphatic rings. The van der Waals surface area contributed by atoms with E-state index in [2.05, 4.69) is 56.3 Å². The molecule has 5 nitrogen and oxygen atoms in total. The number of aromatic nitrogens is 1. The molecular weight excluding hydrogens is 498 g/mol. The number of aryl methyl sites for hydroxylation is 1. The number of hydrogen-bond donors (Lipinski definition) is 1. The molecule has 0 radical (unpaired) electrons. The summed E-state index contributed by atoms with van der Waals surface area (Å²) >= 11 is 9.46. The van der Waals surface area contributed by atoms with Gasteiger partial charge in [-0.1, -0.05) is 34.1 Å². The Morgan fingerprint density at radius 1 is 1.06 bits per heavy atom. The van der Waals surface area contributed by atoms with Crippen LogP contribution in [0.1, 0.15) is 29.1 Å². The van der Waals surface area contributed by atoms with Crippen LogP contribution in [0.15, 0.2) is 87.9 Å². The number of rotatable bonds is 5. The summed E-state index contributed by atoms with van der Waals surface area (Å²) in [6, 6.07) is 23.6. The van der Waals surface area contributed by atoms with Gasteiger partial charge in [0.1, 0.15) is 23.3 Å². The number of nitrogens with one attached hydrogen (secondary N) is 1. The van der Waals surface area contributed by atoms with E-state index in [0.717, 1.165) is 38.7 Å². The lowest BCUT2D eigenvalue weighted by molar-refractivity contribution is 0.414. The smallest absolute Gasteiger partial charge is 0.174 e. The minimum Gasteiger partial charge on any atom is -0.497 e. The second-order valence-electron chi connectivity index (χ2n) is 7.88. The van der Waals surface area contributed by atoms with Crippen molar-refractivity contribution < 1.29 is 9.15 Å². The summed E-state index contributed by atoms with van der Waals surface area (Å²) < 4.78 is 12.9. The van der Waals surface area contributed by atoms with Crippen LogP contribution in [0.3, 0.4) is 0 Å². The first kappa shape index (κ1) is 21.7. The Labute approximate surface area is 206 Å². The van der Waals surface area contributed by atoms with Gasteiger partial charge in [-0.2, -0.15) is 0 Å². The Bertz CT molecular complexity index is 1310. The van der Waals surface area contributed by atoms with E-state index in [1.165, 1.54) is 5.56 Å². The van der Waals surface area contributed by atoms with E-state index < -0.39 is 0 Å². The zero-order valence-electron chi connectivity index (χ0n) is 18.2. The lowest BCUT2D eigenvalue weighted by Crippen LogP contribution is -2.29. The molecule has 0 spiro atoms. The molecule has 33 heavy (non-hydrogen) atoms. The molecule has 0 aliphatic carbocycles. The first-order chi connectivity index (χ1) is 16.0. The van der Waals surface area contributed by atoms with Crippen molar-refractivity contribution >= 4 is 38.9 Å². The normalized spacial score (nSPS) is 17.8. The molecule has 1 saturated heterocycles. The summed E-state index contributed by atoms with van der Waals surface area (Å²) in [6.07, 6.45) is 1.79. The monoisotopic (exact) mass is 519 g/mol. The van der Waals surface area contributed by atoms with E-state index in [4.69, 9.17) is 21.4 Å². The molecule has 2 aromatic heterocycles. The molecule has 1 aliphatic heterocycles. The molecule has 1 fully saturated rings. The molecule has 7 heteroatoms. The van der Waals surface area contributed by atoms with Gasteiger partial charge in [-0.05, 0) is 73.2 Å². The Kier molecular flexibility index (Phi) is 5.91. The van der Waals surface area contributed by atoms with Crippen molar-refractivity contribution in [3.05, 3.63) is 100 Å². The van der Waals surface area contributed by atoms with Crippen LogP contribution in [0.2, 0.25) is 0 Å². The number of anilines is 1. The minimum absolute atomic E-state index is 0.176. The fraction of sp³-hybridized carbons (Fsp3) is 0.154. The molecule has 5 rings (SSSR count). The van der Waals surface area contributed by atoms with Gasteiger partial charge in [0.2, 0.25) is 0 Å². The van der Waals surface area contributed by atoms with Gasteiger partial charge in [-0.3, -0.25) is 4.98 Å². The fourth-order valence-electron chi connectivity index (χ4n) is 4.16. The predicted octanol–water partition coefficient (Wildman–Crippen LogP) is 6.60. The summed E-state index contributed by atoms with van der Waals surface area (Å²) in [4.78, 5) is 6.67. The van der Waals surface area contributed by atoms with Gasteiger partial charge in [0.25, 0.3) is 0 Å². The minimum atomic E-state index is -0.225. The maximum Gasteiger partial charge on any atom is 0.174 e. The van der Waals surface area contributed by atoms with Crippen LogP contribution in [0.4, 0.5) is 5.69 Å². The molecule has 3 heterocycles. The van der Waals surface area contributed by atoms with Gasteiger partial charge in [-0.15, -0.1) is 0 Å². The van der Waals surface area contributed by atoms with E-state index in [1.54, 1.807) is 13.3 Å². The van der Waals surface area contributed by atoms with Crippen molar-refractivity contribution in [2.45, 2.75) is 19.0 Å². The number of ether oxygens (including phenoxy) is 1. The number of furan rings is 1. The molecular formula is C26H22BrN3O2S. The Hall–Kier alpha value is -3.16. The predicted molar refractivity (Wildman–Crippen MR) is 138 cm³/mol. The highest BCUT2D eigenvalue weighted by Gasteiger charge is 2.42. The standard InChI is InChI=1S/C26H22BrN3O2S/c1-16-9-10-19(20(27)14-16)22-11-12-23(32-22)25-24(21-8-3-4-13-28-21)29-26(33)30(25)17-6-5-7-18(15-17)31-2/h3-15,24-25H,1-2H3,(H,29,33)/t24-,25+/m0/s1. The zero-order valence-corrected chi connectivity index (χ0v) is 20.6. The molecule has 2 aromatic carbocycles. The van der Waals surface area contributed by atoms with Crippen LogP contribution in [0, 0.1) is 6.92 Å². The van der Waals surface area contributed by atoms with Crippen molar-refractivity contribution in [2.24, 2.45) is 0 Å². The van der Waals surface area contributed by atoms with E-state index in [9.17, 15) is 0 Å². The van der Waals surface area contributed by atoms with Crippen LogP contribution >= 0.6 is 28.1 Å². The zero-order chi connectivity index (χ0) is 22.9. The van der Waals surface area contributed by atoms with Crippen LogP contribution in [0.5, 0.6) is 5.75 Å². The highest BCUT2D eigenvalue weighted by molar-refractivity contribution is 9.10. The van der Waals surface area contributed by atoms with E-state index >= 15 is 0 Å². The van der Waals surface area contributed by atoms with Crippen LogP contribution in [0.25, 0.3) is 11.3 Å². The maximum absolute atomic E-state index is 6.45. The van der Waals surface area contributed by atoms with Gasteiger partial charge in [0.15, 0.2) is 5.11 Å². The van der Waals surface area contributed by atoms with E-state index in [-0.39, 0.29) is 12.1 Å². The number of methoxy groups -OCH3 is 1. The number of pyridine rings is 1. The average molecular weight is 520 g/mol. The summed E-state index contributed by atoms with van der Waals surface area (Å²) in [5.41, 5.74) is 4.00. The van der Waals surface area contributed by atoms with Crippen LogP contribution in [-0.2, 0) is 0 Å². The second kappa shape index (κ2) is 9.00. The van der Waals surface area contributed by atoms with Gasteiger partial charge in [0.05, 0.1) is 18.8 Å². The lowest BCUT2D eigenvalue weighted by Gasteiger charge is -2.26. The molecule has 0 unspecified atom stereocenters. The first-order valence-corrected chi connectivity index (χ1v) is 11.8. The molecule has 0 amide bonds. The van der Waals surface area contributed by atoms with Gasteiger partial charge < -0.3 is 19.4 Å². The largest absolute Gasteiger partial charge is 0.497 e. The van der Waals surface area contributed by atoms with Crippen molar-refractivity contribution in [1.82, 2.24) is 10.3 Å². The quantitative estimate of drug-likeness (QED) is 0.300.